The van der Waals surface area contributed by atoms with Crippen LogP contribution in [0.2, 0.25) is 0 Å². The third-order valence-corrected chi connectivity index (χ3v) is 5.93. The van der Waals surface area contributed by atoms with E-state index in [0.717, 1.165) is 31.4 Å². The Morgan fingerprint density at radius 3 is 2.59 bits per heavy atom. The highest BCUT2D eigenvalue weighted by Crippen LogP contribution is 2.38. The van der Waals surface area contributed by atoms with E-state index in [-0.39, 0.29) is 11.3 Å². The van der Waals surface area contributed by atoms with Gasteiger partial charge in [-0.25, -0.2) is 0 Å². The molecule has 1 atom stereocenters. The first-order valence-corrected chi connectivity index (χ1v) is 11.0. The van der Waals surface area contributed by atoms with Crippen LogP contribution in [0.5, 0.6) is 0 Å². The van der Waals surface area contributed by atoms with E-state index >= 15 is 0 Å². The molecule has 0 spiro atoms. The molecule has 1 N–H and O–H groups in total. The van der Waals surface area contributed by atoms with Crippen LogP contribution in [0.25, 0.3) is 11.0 Å². The van der Waals surface area contributed by atoms with Gasteiger partial charge in [0, 0.05) is 18.1 Å². The molecule has 166 valence electrons. The van der Waals surface area contributed by atoms with Gasteiger partial charge in [0.2, 0.25) is 5.78 Å². The van der Waals surface area contributed by atoms with Crippen molar-refractivity contribution in [3.63, 3.8) is 0 Å². The fourth-order valence-corrected chi connectivity index (χ4v) is 4.19. The van der Waals surface area contributed by atoms with E-state index in [2.05, 4.69) is 23.7 Å². The van der Waals surface area contributed by atoms with Crippen LogP contribution in [0.3, 0.4) is 0 Å². The molecule has 0 saturated carbocycles. The molecule has 1 aliphatic heterocycles. The standard InChI is InChI=1S/C25H27N3O4/c1-3-27(4-2)14-9-15-28-22(18-11-7-8-13-26-18)21(24(30)25(28)31)23(29)20-16-17-10-5-6-12-19(17)32-20/h5-8,10-13,16,22,30H,3-4,9,14-15H2,1-2H3/t22-/m1/s1. The third-order valence-electron chi connectivity index (χ3n) is 5.93. The number of furan rings is 1. The van der Waals surface area contributed by atoms with Gasteiger partial charge in [0.15, 0.2) is 11.5 Å². The lowest BCUT2D eigenvalue weighted by molar-refractivity contribution is -0.129. The number of ketones is 1. The normalized spacial score (nSPS) is 16.5. The molecule has 0 radical (unpaired) electrons. The molecule has 0 saturated heterocycles. The number of fused-ring (bicyclic) bond motifs is 1. The molecule has 2 aromatic heterocycles. The minimum Gasteiger partial charge on any atom is -0.503 e. The summed E-state index contributed by atoms with van der Waals surface area (Å²) in [5.41, 5.74) is 1.12. The quantitative estimate of drug-likeness (QED) is 0.511. The molecule has 4 rings (SSSR count). The minimum atomic E-state index is -0.763. The van der Waals surface area contributed by atoms with E-state index in [0.29, 0.717) is 17.8 Å². The first-order chi connectivity index (χ1) is 15.5. The van der Waals surface area contributed by atoms with E-state index in [1.54, 1.807) is 36.5 Å². The van der Waals surface area contributed by atoms with Gasteiger partial charge in [-0.3, -0.25) is 14.6 Å². The first kappa shape index (κ1) is 21.8. The number of carbonyl (C=O) groups excluding carboxylic acids is 2. The average molecular weight is 434 g/mol. The van der Waals surface area contributed by atoms with E-state index < -0.39 is 23.5 Å². The number of rotatable bonds is 9. The van der Waals surface area contributed by atoms with Crippen molar-refractivity contribution >= 4 is 22.7 Å². The molecule has 7 nitrogen and oxygen atoms in total. The van der Waals surface area contributed by atoms with E-state index in [1.807, 2.05) is 18.2 Å². The molecule has 7 heteroatoms. The Kier molecular flexibility index (Phi) is 6.37. The van der Waals surface area contributed by atoms with Gasteiger partial charge >= 0.3 is 0 Å². The predicted octanol–water partition coefficient (Wildman–Crippen LogP) is 4.14. The lowest BCUT2D eigenvalue weighted by atomic mass is 9.98. The molecule has 3 aromatic rings. The zero-order chi connectivity index (χ0) is 22.7. The highest BCUT2D eigenvalue weighted by Gasteiger charge is 2.44. The summed E-state index contributed by atoms with van der Waals surface area (Å²) < 4.78 is 5.74. The molecule has 0 bridgehead atoms. The fraction of sp³-hybridized carbons (Fsp3) is 0.320. The SMILES string of the molecule is CCN(CC)CCCN1C(=O)C(O)=C(C(=O)c2cc3ccccc3o2)[C@H]1c1ccccn1. The molecule has 1 aliphatic rings. The van der Waals surface area contributed by atoms with Crippen molar-refractivity contribution in [1.82, 2.24) is 14.8 Å². The van der Waals surface area contributed by atoms with Crippen LogP contribution < -0.4 is 0 Å². The smallest absolute Gasteiger partial charge is 0.290 e. The van der Waals surface area contributed by atoms with Gasteiger partial charge in [-0.15, -0.1) is 0 Å². The summed E-state index contributed by atoms with van der Waals surface area (Å²) in [6.45, 7) is 7.26. The second-order valence-electron chi connectivity index (χ2n) is 7.78. The Hall–Kier alpha value is -3.45. The largest absolute Gasteiger partial charge is 0.503 e. The number of carbonyl (C=O) groups is 2. The molecule has 1 aromatic carbocycles. The maximum atomic E-state index is 13.5. The number of hydrogen-bond donors (Lipinski definition) is 1. The van der Waals surface area contributed by atoms with Crippen LogP contribution in [-0.2, 0) is 4.79 Å². The van der Waals surface area contributed by atoms with Crippen LogP contribution in [0.15, 0.2) is 70.5 Å². The summed E-state index contributed by atoms with van der Waals surface area (Å²) in [7, 11) is 0. The van der Waals surface area contributed by atoms with Crippen LogP contribution in [0, 0.1) is 0 Å². The Labute approximate surface area is 187 Å². The van der Waals surface area contributed by atoms with Gasteiger partial charge in [0.05, 0.1) is 11.3 Å². The lowest BCUT2D eigenvalue weighted by Crippen LogP contribution is -2.34. The van der Waals surface area contributed by atoms with Crippen molar-refractivity contribution in [1.29, 1.82) is 0 Å². The maximum absolute atomic E-state index is 13.5. The molecule has 0 aliphatic carbocycles. The summed E-state index contributed by atoms with van der Waals surface area (Å²) in [6, 6.07) is 13.5. The highest BCUT2D eigenvalue weighted by atomic mass is 16.3. The molecular weight excluding hydrogens is 406 g/mol. The average Bonchev–Trinajstić information content (AvgIpc) is 3.37. The zero-order valence-electron chi connectivity index (χ0n) is 18.3. The van der Waals surface area contributed by atoms with Crippen LogP contribution in [-0.4, -0.2) is 57.8 Å². The number of pyridine rings is 1. The predicted molar refractivity (Wildman–Crippen MR) is 121 cm³/mol. The van der Waals surface area contributed by atoms with E-state index in [1.165, 1.54) is 4.90 Å². The van der Waals surface area contributed by atoms with Gasteiger partial charge < -0.3 is 19.3 Å². The van der Waals surface area contributed by atoms with Crippen LogP contribution >= 0.6 is 0 Å². The highest BCUT2D eigenvalue weighted by molar-refractivity contribution is 6.15. The van der Waals surface area contributed by atoms with Crippen molar-refractivity contribution in [2.24, 2.45) is 0 Å². The molecule has 32 heavy (non-hydrogen) atoms. The van der Waals surface area contributed by atoms with E-state index in [4.69, 9.17) is 4.42 Å². The summed E-state index contributed by atoms with van der Waals surface area (Å²) in [5, 5.41) is 11.5. The summed E-state index contributed by atoms with van der Waals surface area (Å²) in [6.07, 6.45) is 2.34. The van der Waals surface area contributed by atoms with Gasteiger partial charge in [0.25, 0.3) is 5.91 Å². The Morgan fingerprint density at radius 2 is 1.91 bits per heavy atom. The van der Waals surface area contributed by atoms with Gasteiger partial charge in [-0.2, -0.15) is 0 Å². The summed E-state index contributed by atoms with van der Waals surface area (Å²) in [5.74, 6) is -1.51. The fourth-order valence-electron chi connectivity index (χ4n) is 4.19. The number of para-hydroxylation sites is 1. The van der Waals surface area contributed by atoms with Gasteiger partial charge in [-0.1, -0.05) is 38.1 Å². The number of aliphatic hydroxyl groups is 1. The topological polar surface area (TPSA) is 86.9 Å². The monoisotopic (exact) mass is 433 g/mol. The maximum Gasteiger partial charge on any atom is 0.290 e. The first-order valence-electron chi connectivity index (χ1n) is 11.0. The number of nitrogens with zero attached hydrogens (tertiary/aromatic N) is 3. The van der Waals surface area contributed by atoms with Crippen molar-refractivity contribution in [2.75, 3.05) is 26.2 Å². The number of Topliss-reactive ketones (excluding diaryl/α,β-unsaturated/α-hetero) is 1. The number of amides is 1. The molecule has 1 amide bonds. The van der Waals surface area contributed by atoms with Gasteiger partial charge in [0.1, 0.15) is 11.6 Å². The number of hydrogen-bond acceptors (Lipinski definition) is 6. The molecule has 0 unspecified atom stereocenters. The van der Waals surface area contributed by atoms with Crippen molar-refractivity contribution in [3.8, 4) is 0 Å². The number of aliphatic hydroxyl groups excluding tert-OH is 1. The van der Waals surface area contributed by atoms with Crippen molar-refractivity contribution in [3.05, 3.63) is 77.5 Å². The van der Waals surface area contributed by atoms with E-state index in [9.17, 15) is 14.7 Å². The van der Waals surface area contributed by atoms with Crippen LogP contribution in [0.1, 0.15) is 42.6 Å². The van der Waals surface area contributed by atoms with Crippen molar-refractivity contribution < 1.29 is 19.1 Å². The summed E-state index contributed by atoms with van der Waals surface area (Å²) in [4.78, 5) is 34.7. The second-order valence-corrected chi connectivity index (χ2v) is 7.78. The lowest BCUT2D eigenvalue weighted by Gasteiger charge is -2.27. The Morgan fingerprint density at radius 1 is 1.16 bits per heavy atom. The zero-order valence-corrected chi connectivity index (χ0v) is 18.3. The van der Waals surface area contributed by atoms with Crippen LogP contribution in [0.4, 0.5) is 0 Å². The van der Waals surface area contributed by atoms with Gasteiger partial charge in [-0.05, 0) is 50.3 Å². The van der Waals surface area contributed by atoms with Crippen molar-refractivity contribution in [2.45, 2.75) is 26.3 Å². The second kappa shape index (κ2) is 9.36. The molecule has 0 fully saturated rings. The third kappa shape index (κ3) is 4.03. The molecular formula is C25H27N3O4. The number of aromatic nitrogens is 1. The Balaban J connectivity index is 1.67. The Bertz CT molecular complexity index is 1120. The minimum absolute atomic E-state index is 0.00981. The molecule has 3 heterocycles. The number of benzene rings is 1. The summed E-state index contributed by atoms with van der Waals surface area (Å²) >= 11 is 0.